The minimum absolute atomic E-state index is 0.0805. The summed E-state index contributed by atoms with van der Waals surface area (Å²) in [5.41, 5.74) is 10.1. The SMILES string of the molecule is NC(=O)CC[C@@H]1NC(=O)[C@H](Cc2ccc(O)cc2)NC(=O)c2cc([N+](=O)[O-])cc(I)c2OCC[C@@H](C(=O)NC(CC(=O)O)C(N)=O)NC1=O. The van der Waals surface area contributed by atoms with Crippen molar-refractivity contribution in [3.8, 4) is 11.5 Å². The van der Waals surface area contributed by atoms with Crippen molar-refractivity contribution >= 4 is 69.7 Å². The van der Waals surface area contributed by atoms with E-state index in [9.17, 15) is 48.8 Å². The third kappa shape index (κ3) is 11.0. The minimum Gasteiger partial charge on any atom is -0.508 e. The fourth-order valence-electron chi connectivity index (χ4n) is 4.63. The number of fused-ring (bicyclic) bond motifs is 1. The summed E-state index contributed by atoms with van der Waals surface area (Å²) in [6.45, 7) is -0.415. The minimum atomic E-state index is -1.67. The van der Waals surface area contributed by atoms with Gasteiger partial charge in [0.2, 0.25) is 29.5 Å². The maximum atomic E-state index is 13.7. The average molecular weight is 798 g/mol. The standard InChI is InChI=1S/C29H32IN7O12/c30-17-11-14(37(47)48)10-16-24(17)49-8-7-19(28(45)35-20(25(32)42)12-23(40)41)34-27(44)18(5-6-22(31)39)33-29(46)21(36-26(16)43)9-13-1-3-15(38)4-2-13/h1-4,10-11,18-21,38H,5-9,12H2,(H2,31,39)(H2,32,42)(H,33,46)(H,34,44)(H,35,45)(H,36,43)(H,40,41)/t18-,19-,20?,21-/m0/s1. The number of nitrogens with two attached hydrogens (primary N) is 2. The van der Waals surface area contributed by atoms with Gasteiger partial charge in [-0.25, -0.2) is 0 Å². The Balaban J connectivity index is 2.10. The van der Waals surface area contributed by atoms with E-state index in [-0.39, 0.29) is 39.9 Å². The molecule has 0 saturated carbocycles. The zero-order valence-corrected chi connectivity index (χ0v) is 27.6. The van der Waals surface area contributed by atoms with Gasteiger partial charge >= 0.3 is 5.97 Å². The molecule has 0 radical (unpaired) electrons. The number of benzene rings is 2. The Morgan fingerprint density at radius 3 is 2.29 bits per heavy atom. The number of phenolic OH excluding ortho intramolecular Hbond substituents is 1. The Labute approximate surface area is 290 Å². The second kappa shape index (κ2) is 17.0. The number of aliphatic carboxylic acids is 1. The summed E-state index contributed by atoms with van der Waals surface area (Å²) < 4.78 is 5.91. The fourth-order valence-corrected chi connectivity index (χ4v) is 5.40. The Bertz CT molecular complexity index is 1650. The van der Waals surface area contributed by atoms with Crippen molar-refractivity contribution < 1.29 is 53.4 Å². The maximum Gasteiger partial charge on any atom is 0.305 e. The Hall–Kier alpha value is -5.54. The van der Waals surface area contributed by atoms with Crippen LogP contribution >= 0.6 is 22.6 Å². The predicted octanol–water partition coefficient (Wildman–Crippen LogP) is -1.29. The quantitative estimate of drug-likeness (QED) is 0.0748. The van der Waals surface area contributed by atoms with Crippen molar-refractivity contribution in [2.45, 2.75) is 56.3 Å². The lowest BCUT2D eigenvalue weighted by atomic mass is 10.0. The smallest absolute Gasteiger partial charge is 0.305 e. The molecule has 1 aliphatic rings. The number of non-ortho nitro benzene ring substituents is 1. The Morgan fingerprint density at radius 1 is 1.04 bits per heavy atom. The van der Waals surface area contributed by atoms with E-state index >= 15 is 0 Å². The Kier molecular flexibility index (Phi) is 13.2. The van der Waals surface area contributed by atoms with Crippen LogP contribution in [0.5, 0.6) is 11.5 Å². The number of carboxylic acids is 1. The summed E-state index contributed by atoms with van der Waals surface area (Å²) >= 11 is 1.69. The number of carbonyl (C=O) groups is 7. The number of rotatable bonds is 11. The average Bonchev–Trinajstić information content (AvgIpc) is 3.02. The third-order valence-corrected chi connectivity index (χ3v) is 7.92. The number of nitro groups is 1. The van der Waals surface area contributed by atoms with Crippen LogP contribution in [0.3, 0.4) is 0 Å². The molecule has 0 saturated heterocycles. The molecule has 6 amide bonds. The van der Waals surface area contributed by atoms with E-state index in [0.29, 0.717) is 5.56 Å². The number of halogens is 1. The van der Waals surface area contributed by atoms with Gasteiger partial charge in [0.05, 0.1) is 27.1 Å². The molecule has 0 aromatic heterocycles. The lowest BCUT2D eigenvalue weighted by Crippen LogP contribution is -2.59. The van der Waals surface area contributed by atoms with Crippen molar-refractivity contribution in [1.82, 2.24) is 21.3 Å². The number of hydrogen-bond acceptors (Lipinski definition) is 11. The van der Waals surface area contributed by atoms with Crippen molar-refractivity contribution in [3.05, 3.63) is 61.2 Å². The lowest BCUT2D eigenvalue weighted by Gasteiger charge is -2.27. The van der Waals surface area contributed by atoms with E-state index in [1.165, 1.54) is 24.3 Å². The number of carboxylic acid groups (broad SMARTS) is 1. The van der Waals surface area contributed by atoms with Gasteiger partial charge in [-0.2, -0.15) is 0 Å². The van der Waals surface area contributed by atoms with E-state index < -0.39 is 95.6 Å². The molecule has 1 heterocycles. The molecular formula is C29H32IN7O12. The second-order valence-electron chi connectivity index (χ2n) is 10.8. The Morgan fingerprint density at radius 2 is 1.69 bits per heavy atom. The topological polar surface area (TPSA) is 312 Å². The predicted molar refractivity (Wildman–Crippen MR) is 175 cm³/mol. The van der Waals surface area contributed by atoms with Crippen molar-refractivity contribution in [2.75, 3.05) is 6.61 Å². The van der Waals surface area contributed by atoms with Gasteiger partial charge in [-0.05, 0) is 46.7 Å². The number of nitrogens with zero attached hydrogens (tertiary/aromatic N) is 1. The molecule has 20 heteroatoms. The molecule has 0 fully saturated rings. The van der Waals surface area contributed by atoms with Gasteiger partial charge in [0.1, 0.15) is 35.7 Å². The molecular weight excluding hydrogens is 765 g/mol. The van der Waals surface area contributed by atoms with Gasteiger partial charge in [-0.3, -0.25) is 43.7 Å². The first kappa shape index (κ1) is 37.9. The van der Waals surface area contributed by atoms with Gasteiger partial charge in [0.25, 0.3) is 11.6 Å². The van der Waals surface area contributed by atoms with Crippen LogP contribution in [-0.2, 0) is 35.2 Å². The molecule has 262 valence electrons. The number of carbonyl (C=O) groups excluding carboxylic acids is 6. The van der Waals surface area contributed by atoms with Gasteiger partial charge in [-0.1, -0.05) is 12.1 Å². The third-order valence-electron chi connectivity index (χ3n) is 7.12. The van der Waals surface area contributed by atoms with Gasteiger partial charge in [0, 0.05) is 31.4 Å². The van der Waals surface area contributed by atoms with E-state index in [4.69, 9.17) is 21.3 Å². The lowest BCUT2D eigenvalue weighted by molar-refractivity contribution is -0.385. The van der Waals surface area contributed by atoms with Gasteiger partial charge < -0.3 is 47.7 Å². The summed E-state index contributed by atoms with van der Waals surface area (Å²) in [5, 5.41) is 40.0. The number of primary amides is 2. The van der Waals surface area contributed by atoms with Crippen LogP contribution in [0.1, 0.15) is 41.6 Å². The molecule has 3 rings (SSSR count). The summed E-state index contributed by atoms with van der Waals surface area (Å²) in [5.74, 6) is -7.67. The second-order valence-corrected chi connectivity index (χ2v) is 11.9. The first-order valence-electron chi connectivity index (χ1n) is 14.5. The number of phenols is 1. The van der Waals surface area contributed by atoms with Crippen LogP contribution < -0.4 is 37.5 Å². The van der Waals surface area contributed by atoms with Crippen molar-refractivity contribution in [1.29, 1.82) is 0 Å². The zero-order chi connectivity index (χ0) is 36.4. The largest absolute Gasteiger partial charge is 0.508 e. The molecule has 2 aromatic carbocycles. The van der Waals surface area contributed by atoms with Crippen molar-refractivity contribution in [2.24, 2.45) is 11.5 Å². The molecule has 1 unspecified atom stereocenters. The number of nitrogens with one attached hydrogen (secondary N) is 4. The number of ether oxygens (including phenoxy) is 1. The van der Waals surface area contributed by atoms with Crippen LogP contribution in [0.2, 0.25) is 0 Å². The highest BCUT2D eigenvalue weighted by molar-refractivity contribution is 14.1. The summed E-state index contributed by atoms with van der Waals surface area (Å²) in [7, 11) is 0. The number of aromatic hydroxyl groups is 1. The van der Waals surface area contributed by atoms with Crippen LogP contribution in [0, 0.1) is 13.7 Å². The van der Waals surface area contributed by atoms with Crippen LogP contribution in [-0.4, -0.2) is 87.3 Å². The number of nitro benzene ring substituents is 1. The highest BCUT2D eigenvalue weighted by Crippen LogP contribution is 2.31. The molecule has 19 nitrogen and oxygen atoms in total. The van der Waals surface area contributed by atoms with E-state index in [2.05, 4.69) is 21.3 Å². The van der Waals surface area contributed by atoms with Crippen molar-refractivity contribution in [3.63, 3.8) is 0 Å². The highest BCUT2D eigenvalue weighted by Gasteiger charge is 2.33. The van der Waals surface area contributed by atoms with E-state index in [1.54, 1.807) is 22.6 Å². The summed E-state index contributed by atoms with van der Waals surface area (Å²) in [6, 6.07) is 1.46. The maximum absolute atomic E-state index is 13.7. The molecule has 1 aliphatic heterocycles. The molecule has 49 heavy (non-hydrogen) atoms. The molecule has 10 N–H and O–H groups in total. The molecule has 2 aromatic rings. The molecule has 0 aliphatic carbocycles. The summed E-state index contributed by atoms with van der Waals surface area (Å²) in [6.07, 6.45) is -2.20. The zero-order valence-electron chi connectivity index (χ0n) is 25.5. The van der Waals surface area contributed by atoms with Gasteiger partial charge in [-0.15, -0.1) is 0 Å². The van der Waals surface area contributed by atoms with E-state index in [1.807, 2.05) is 0 Å². The molecule has 0 bridgehead atoms. The normalized spacial score (nSPS) is 19.0. The van der Waals surface area contributed by atoms with Crippen LogP contribution in [0.15, 0.2) is 36.4 Å². The van der Waals surface area contributed by atoms with Crippen LogP contribution in [0.4, 0.5) is 5.69 Å². The van der Waals surface area contributed by atoms with Crippen LogP contribution in [0.25, 0.3) is 0 Å². The first-order valence-corrected chi connectivity index (χ1v) is 15.5. The highest BCUT2D eigenvalue weighted by atomic mass is 127. The summed E-state index contributed by atoms with van der Waals surface area (Å²) in [4.78, 5) is 99.7. The van der Waals surface area contributed by atoms with Gasteiger partial charge in [0.15, 0.2) is 0 Å². The molecule has 4 atom stereocenters. The monoisotopic (exact) mass is 797 g/mol. The fraction of sp³-hybridized carbons (Fsp3) is 0.345. The molecule has 0 spiro atoms. The number of amides is 6. The van der Waals surface area contributed by atoms with E-state index in [0.717, 1.165) is 12.1 Å². The first-order chi connectivity index (χ1) is 23.0. The number of hydrogen-bond donors (Lipinski definition) is 8.